The highest BCUT2D eigenvalue weighted by Gasteiger charge is 2.21. The van der Waals surface area contributed by atoms with E-state index >= 15 is 0 Å². The maximum absolute atomic E-state index is 12.9. The molecule has 0 bridgehead atoms. The third kappa shape index (κ3) is 4.82. The van der Waals surface area contributed by atoms with Crippen molar-refractivity contribution in [2.24, 2.45) is 0 Å². The minimum absolute atomic E-state index is 0.0751. The summed E-state index contributed by atoms with van der Waals surface area (Å²) in [6.45, 7) is -0.268. The van der Waals surface area contributed by atoms with Gasteiger partial charge in [-0.05, 0) is 42.0 Å². The van der Waals surface area contributed by atoms with Crippen LogP contribution in [0.4, 0.5) is 5.69 Å². The van der Waals surface area contributed by atoms with E-state index in [-0.39, 0.29) is 11.4 Å². The fraction of sp³-hybridized carbons (Fsp3) is 0.125. The summed E-state index contributed by atoms with van der Waals surface area (Å²) in [6.07, 6.45) is 0. The van der Waals surface area contributed by atoms with Gasteiger partial charge in [-0.25, -0.2) is 13.2 Å². The average Bonchev–Trinajstić information content (AvgIpc) is 2.83. The minimum atomic E-state index is -3.73. The molecule has 0 unspecified atom stereocenters. The second-order valence-corrected chi connectivity index (χ2v) is 9.73. The van der Waals surface area contributed by atoms with E-state index in [0.29, 0.717) is 16.6 Å². The summed E-state index contributed by atoms with van der Waals surface area (Å²) in [5, 5.41) is 2.88. The largest absolute Gasteiger partial charge is 0.329 e. The van der Waals surface area contributed by atoms with Crippen molar-refractivity contribution in [2.75, 3.05) is 12.4 Å². The number of carbonyl (C=O) groups excluding carboxylic acids is 1. The quantitative estimate of drug-likeness (QED) is 0.422. The smallest absolute Gasteiger partial charge is 0.325 e. The Morgan fingerprint density at radius 1 is 0.941 bits per heavy atom. The zero-order valence-corrected chi connectivity index (χ0v) is 19.1. The molecule has 10 heteroatoms. The van der Waals surface area contributed by atoms with E-state index in [9.17, 15) is 22.8 Å². The number of para-hydroxylation sites is 1. The molecule has 1 heterocycles. The Morgan fingerprint density at radius 2 is 1.59 bits per heavy atom. The lowest BCUT2D eigenvalue weighted by atomic mass is 10.2. The molecule has 174 valence electrons. The Morgan fingerprint density at radius 3 is 2.29 bits per heavy atom. The van der Waals surface area contributed by atoms with Gasteiger partial charge in [0, 0.05) is 19.3 Å². The van der Waals surface area contributed by atoms with E-state index < -0.39 is 33.7 Å². The zero-order chi connectivity index (χ0) is 24.3. The summed E-state index contributed by atoms with van der Waals surface area (Å²) in [4.78, 5) is 39.9. The number of aromatic nitrogens is 2. The number of nitrogens with zero attached hydrogens (tertiary/aromatic N) is 2. The second kappa shape index (κ2) is 9.46. The summed E-state index contributed by atoms with van der Waals surface area (Å²) < 4.78 is 27.8. The third-order valence-electron chi connectivity index (χ3n) is 5.29. The van der Waals surface area contributed by atoms with E-state index in [1.165, 1.54) is 35.6 Å². The number of amides is 1. The number of anilines is 1. The monoisotopic (exact) mass is 478 g/mol. The van der Waals surface area contributed by atoms with Gasteiger partial charge in [0.25, 0.3) is 5.56 Å². The molecule has 1 aromatic heterocycles. The molecule has 4 aromatic rings. The molecule has 0 radical (unpaired) electrons. The number of benzene rings is 3. The van der Waals surface area contributed by atoms with E-state index in [1.54, 1.807) is 24.3 Å². The van der Waals surface area contributed by atoms with Crippen LogP contribution in [0, 0.1) is 0 Å². The van der Waals surface area contributed by atoms with Gasteiger partial charge in [-0.3, -0.25) is 14.2 Å². The average molecular weight is 479 g/mol. The van der Waals surface area contributed by atoms with Crippen molar-refractivity contribution in [1.29, 1.82) is 0 Å². The predicted molar refractivity (Wildman–Crippen MR) is 129 cm³/mol. The maximum atomic E-state index is 12.9. The molecule has 3 aromatic carbocycles. The number of fused-ring (bicyclic) bond motifs is 1. The van der Waals surface area contributed by atoms with Crippen molar-refractivity contribution >= 4 is 32.5 Å². The van der Waals surface area contributed by atoms with Crippen LogP contribution < -0.4 is 16.6 Å². The maximum Gasteiger partial charge on any atom is 0.329 e. The molecule has 0 fully saturated rings. The van der Waals surface area contributed by atoms with Crippen LogP contribution in [0.1, 0.15) is 5.56 Å². The molecule has 34 heavy (non-hydrogen) atoms. The number of hydrogen-bond donors (Lipinski definition) is 2. The van der Waals surface area contributed by atoms with Crippen molar-refractivity contribution in [3.63, 3.8) is 0 Å². The molecule has 1 amide bonds. The van der Waals surface area contributed by atoms with Gasteiger partial charge in [0.15, 0.2) is 0 Å². The lowest BCUT2D eigenvalue weighted by Crippen LogP contribution is -2.38. The summed E-state index contributed by atoms with van der Waals surface area (Å²) in [5.41, 5.74) is 0.318. The lowest BCUT2D eigenvalue weighted by molar-refractivity contribution is -0.116. The predicted octanol–water partition coefficient (Wildman–Crippen LogP) is 2.15. The molecule has 0 aliphatic heterocycles. The SMILES string of the molecule is CN(Cc1ccccc1)S(=O)(=O)c1ccc(NC(=O)Cn2c(=O)[nH]c3ccccc3c2=O)cc1. The number of H-pyrrole nitrogens is 1. The Balaban J connectivity index is 1.47. The van der Waals surface area contributed by atoms with Gasteiger partial charge in [0.05, 0.1) is 15.8 Å². The van der Waals surface area contributed by atoms with Crippen LogP contribution in [0.15, 0.2) is 93.3 Å². The van der Waals surface area contributed by atoms with Crippen molar-refractivity contribution in [3.8, 4) is 0 Å². The van der Waals surface area contributed by atoms with Crippen molar-refractivity contribution in [1.82, 2.24) is 13.9 Å². The molecule has 0 spiro atoms. The summed E-state index contributed by atoms with van der Waals surface area (Å²) in [7, 11) is -2.24. The molecule has 0 aliphatic rings. The number of nitrogens with one attached hydrogen (secondary N) is 2. The molecular formula is C24H22N4O5S. The summed E-state index contributed by atoms with van der Waals surface area (Å²) in [5.74, 6) is -0.598. The van der Waals surface area contributed by atoms with Crippen molar-refractivity contribution in [2.45, 2.75) is 18.0 Å². The molecule has 0 aliphatic carbocycles. The number of carbonyl (C=O) groups is 1. The topological polar surface area (TPSA) is 121 Å². The Hall–Kier alpha value is -4.02. The number of hydrogen-bond acceptors (Lipinski definition) is 5. The van der Waals surface area contributed by atoms with Crippen LogP contribution >= 0.6 is 0 Å². The van der Waals surface area contributed by atoms with Gasteiger partial charge in [-0.15, -0.1) is 0 Å². The first-order chi connectivity index (χ1) is 16.3. The van der Waals surface area contributed by atoms with Crippen LogP contribution in [0.2, 0.25) is 0 Å². The zero-order valence-electron chi connectivity index (χ0n) is 18.3. The van der Waals surface area contributed by atoms with E-state index in [2.05, 4.69) is 10.3 Å². The van der Waals surface area contributed by atoms with E-state index in [0.717, 1.165) is 10.1 Å². The Bertz CT molecular complexity index is 1560. The van der Waals surface area contributed by atoms with Crippen LogP contribution in [0.5, 0.6) is 0 Å². The second-order valence-electron chi connectivity index (χ2n) is 7.69. The number of sulfonamides is 1. The molecule has 2 N–H and O–H groups in total. The summed E-state index contributed by atoms with van der Waals surface area (Å²) in [6, 6.07) is 21.4. The van der Waals surface area contributed by atoms with Gasteiger partial charge >= 0.3 is 5.69 Å². The van der Waals surface area contributed by atoms with Gasteiger partial charge in [-0.1, -0.05) is 42.5 Å². The van der Waals surface area contributed by atoms with Crippen molar-refractivity contribution in [3.05, 3.63) is 105 Å². The van der Waals surface area contributed by atoms with Crippen LogP contribution in [0.3, 0.4) is 0 Å². The van der Waals surface area contributed by atoms with Crippen LogP contribution in [0.25, 0.3) is 10.9 Å². The Labute approximate surface area is 195 Å². The third-order valence-corrected chi connectivity index (χ3v) is 7.10. The Kier molecular flexibility index (Phi) is 6.44. The number of rotatable bonds is 7. The highest BCUT2D eigenvalue weighted by molar-refractivity contribution is 7.89. The van der Waals surface area contributed by atoms with Gasteiger partial charge < -0.3 is 10.3 Å². The van der Waals surface area contributed by atoms with Gasteiger partial charge in [-0.2, -0.15) is 4.31 Å². The normalized spacial score (nSPS) is 11.6. The lowest BCUT2D eigenvalue weighted by Gasteiger charge is -2.17. The first kappa shape index (κ1) is 23.1. The van der Waals surface area contributed by atoms with E-state index in [4.69, 9.17) is 0 Å². The number of aromatic amines is 1. The molecule has 4 rings (SSSR count). The van der Waals surface area contributed by atoms with E-state index in [1.807, 2.05) is 30.3 Å². The minimum Gasteiger partial charge on any atom is -0.325 e. The highest BCUT2D eigenvalue weighted by atomic mass is 32.2. The standard InChI is InChI=1S/C24H22N4O5S/c1-27(15-17-7-3-2-4-8-17)34(32,33)19-13-11-18(12-14-19)25-22(29)16-28-23(30)20-9-5-6-10-21(20)26-24(28)31/h2-14H,15-16H2,1H3,(H,25,29)(H,26,31). The van der Waals surface area contributed by atoms with Gasteiger partial charge in [0.1, 0.15) is 6.54 Å². The first-order valence-electron chi connectivity index (χ1n) is 10.4. The van der Waals surface area contributed by atoms with Crippen LogP contribution in [-0.4, -0.2) is 35.2 Å². The molecular weight excluding hydrogens is 456 g/mol. The van der Waals surface area contributed by atoms with Gasteiger partial charge in [0.2, 0.25) is 15.9 Å². The first-order valence-corrected chi connectivity index (χ1v) is 11.8. The fourth-order valence-electron chi connectivity index (χ4n) is 3.50. The molecule has 0 atom stereocenters. The van der Waals surface area contributed by atoms with Crippen molar-refractivity contribution < 1.29 is 13.2 Å². The molecule has 0 saturated heterocycles. The summed E-state index contributed by atoms with van der Waals surface area (Å²) >= 11 is 0. The fourth-order valence-corrected chi connectivity index (χ4v) is 4.66. The molecule has 9 nitrogen and oxygen atoms in total. The molecule has 0 saturated carbocycles. The van der Waals surface area contributed by atoms with Crippen LogP contribution in [-0.2, 0) is 27.9 Å². The highest BCUT2D eigenvalue weighted by Crippen LogP contribution is 2.19.